The molecule has 1 fully saturated rings. The van der Waals surface area contributed by atoms with Gasteiger partial charge >= 0.3 is 0 Å². The summed E-state index contributed by atoms with van der Waals surface area (Å²) in [5.41, 5.74) is 0.764. The van der Waals surface area contributed by atoms with E-state index in [1.54, 1.807) is 4.90 Å². The molecule has 0 aromatic heterocycles. The van der Waals surface area contributed by atoms with Crippen LogP contribution in [0.5, 0.6) is 0 Å². The molecule has 21 heavy (non-hydrogen) atoms. The van der Waals surface area contributed by atoms with Gasteiger partial charge in [-0.25, -0.2) is 0 Å². The van der Waals surface area contributed by atoms with E-state index in [4.69, 9.17) is 0 Å². The minimum Gasteiger partial charge on any atom is -0.346 e. The van der Waals surface area contributed by atoms with E-state index in [0.717, 1.165) is 29.5 Å². The summed E-state index contributed by atoms with van der Waals surface area (Å²) in [6.07, 6.45) is 2.73. The van der Waals surface area contributed by atoms with Gasteiger partial charge in [0.25, 0.3) is 0 Å². The van der Waals surface area contributed by atoms with Crippen molar-refractivity contribution < 1.29 is 9.59 Å². The molecular formula is C16H21BrN2O2. The fourth-order valence-electron chi connectivity index (χ4n) is 2.31. The van der Waals surface area contributed by atoms with E-state index >= 15 is 0 Å². The Balaban J connectivity index is 1.83. The molecule has 4 nitrogen and oxygen atoms in total. The number of anilines is 1. The van der Waals surface area contributed by atoms with E-state index in [-0.39, 0.29) is 23.7 Å². The van der Waals surface area contributed by atoms with Crippen molar-refractivity contribution >= 4 is 33.4 Å². The van der Waals surface area contributed by atoms with Crippen LogP contribution in [0.2, 0.25) is 0 Å². The third-order valence-corrected chi connectivity index (χ3v) is 4.31. The lowest BCUT2D eigenvalue weighted by Crippen LogP contribution is -2.30. The van der Waals surface area contributed by atoms with Crippen molar-refractivity contribution in [1.29, 1.82) is 0 Å². The molecule has 0 radical (unpaired) electrons. The summed E-state index contributed by atoms with van der Waals surface area (Å²) in [6, 6.07) is 7.44. The summed E-state index contributed by atoms with van der Waals surface area (Å²) in [4.78, 5) is 26.0. The van der Waals surface area contributed by atoms with Crippen molar-refractivity contribution in [1.82, 2.24) is 4.90 Å². The third kappa shape index (κ3) is 4.30. The van der Waals surface area contributed by atoms with Crippen LogP contribution in [-0.2, 0) is 9.59 Å². The first-order chi connectivity index (χ1) is 10.0. The van der Waals surface area contributed by atoms with Crippen LogP contribution in [0.4, 0.5) is 5.69 Å². The lowest BCUT2D eigenvalue weighted by molar-refractivity contribution is -0.132. The van der Waals surface area contributed by atoms with Gasteiger partial charge in [-0.1, -0.05) is 29.3 Å². The maximum Gasteiger partial charge on any atom is 0.228 e. The van der Waals surface area contributed by atoms with Gasteiger partial charge in [0.2, 0.25) is 11.8 Å². The molecule has 2 unspecified atom stereocenters. The number of carbonyl (C=O) groups excluding carboxylic acids is 2. The summed E-state index contributed by atoms with van der Waals surface area (Å²) < 4.78 is 0.970. The molecule has 0 saturated heterocycles. The number of unbranched alkanes of at least 4 members (excludes halogenated alkanes) is 1. The molecule has 2 atom stereocenters. The number of amides is 2. The van der Waals surface area contributed by atoms with Gasteiger partial charge < -0.3 is 10.2 Å². The number of benzene rings is 1. The third-order valence-electron chi connectivity index (χ3n) is 3.78. The first-order valence-corrected chi connectivity index (χ1v) is 8.13. The number of halogens is 1. The molecule has 5 heteroatoms. The summed E-state index contributed by atoms with van der Waals surface area (Å²) in [7, 11) is 1.82. The highest BCUT2D eigenvalue weighted by Gasteiger charge is 2.48. The minimum absolute atomic E-state index is 0.0560. The average molecular weight is 353 g/mol. The Morgan fingerprint density at radius 1 is 1.29 bits per heavy atom. The van der Waals surface area contributed by atoms with Crippen molar-refractivity contribution in [2.45, 2.75) is 26.2 Å². The molecule has 0 aliphatic heterocycles. The lowest BCUT2D eigenvalue weighted by Gasteiger charge is -2.16. The molecule has 1 aromatic carbocycles. The average Bonchev–Trinajstić information content (AvgIpc) is 3.27. The van der Waals surface area contributed by atoms with E-state index in [0.29, 0.717) is 6.42 Å². The Bertz CT molecular complexity index is 516. The quantitative estimate of drug-likeness (QED) is 0.853. The molecule has 0 heterocycles. The van der Waals surface area contributed by atoms with Gasteiger partial charge in [-0.15, -0.1) is 0 Å². The fraction of sp³-hybridized carbons (Fsp3) is 0.500. The smallest absolute Gasteiger partial charge is 0.228 e. The molecule has 2 rings (SSSR count). The maximum atomic E-state index is 12.2. The Morgan fingerprint density at radius 2 is 1.95 bits per heavy atom. The number of nitrogens with zero attached hydrogens (tertiary/aromatic N) is 1. The van der Waals surface area contributed by atoms with Gasteiger partial charge in [0.05, 0.1) is 11.8 Å². The topological polar surface area (TPSA) is 49.4 Å². The maximum absolute atomic E-state index is 12.2. The SMILES string of the molecule is CCCCN(C)C(=O)C1CC1C(=O)Nc1ccc(Br)cc1. The van der Waals surface area contributed by atoms with E-state index < -0.39 is 0 Å². The largest absolute Gasteiger partial charge is 0.346 e. The predicted octanol–water partition coefficient (Wildman–Crippen LogP) is 3.28. The summed E-state index contributed by atoms with van der Waals surface area (Å²) in [5, 5.41) is 2.87. The zero-order valence-electron chi connectivity index (χ0n) is 12.4. The molecule has 0 spiro atoms. The van der Waals surface area contributed by atoms with Crippen LogP contribution < -0.4 is 5.32 Å². The van der Waals surface area contributed by atoms with Crippen molar-refractivity contribution in [2.24, 2.45) is 11.8 Å². The molecule has 1 N–H and O–H groups in total. The molecule has 2 amide bonds. The van der Waals surface area contributed by atoms with Gasteiger partial charge in [-0.3, -0.25) is 9.59 Å². The highest BCUT2D eigenvalue weighted by molar-refractivity contribution is 9.10. The van der Waals surface area contributed by atoms with Crippen LogP contribution in [0, 0.1) is 11.8 Å². The number of nitrogens with one attached hydrogen (secondary N) is 1. The molecule has 1 aromatic rings. The number of hydrogen-bond acceptors (Lipinski definition) is 2. The van der Waals surface area contributed by atoms with Gasteiger partial charge in [0.1, 0.15) is 0 Å². The molecule has 1 saturated carbocycles. The van der Waals surface area contributed by atoms with E-state index in [2.05, 4.69) is 28.2 Å². The molecule has 1 aliphatic carbocycles. The zero-order valence-corrected chi connectivity index (χ0v) is 14.0. The summed E-state index contributed by atoms with van der Waals surface area (Å²) >= 11 is 3.36. The van der Waals surface area contributed by atoms with Gasteiger partial charge in [0.15, 0.2) is 0 Å². The van der Waals surface area contributed by atoms with Crippen LogP contribution in [-0.4, -0.2) is 30.3 Å². The molecular weight excluding hydrogens is 332 g/mol. The van der Waals surface area contributed by atoms with Crippen molar-refractivity contribution in [3.8, 4) is 0 Å². The van der Waals surface area contributed by atoms with E-state index in [1.165, 1.54) is 0 Å². The van der Waals surface area contributed by atoms with Crippen molar-refractivity contribution in [3.63, 3.8) is 0 Å². The number of hydrogen-bond donors (Lipinski definition) is 1. The minimum atomic E-state index is -0.176. The molecule has 1 aliphatic rings. The fourth-order valence-corrected chi connectivity index (χ4v) is 2.58. The van der Waals surface area contributed by atoms with Crippen LogP contribution in [0.25, 0.3) is 0 Å². The summed E-state index contributed by atoms with van der Waals surface area (Å²) in [5.74, 6) is -0.272. The van der Waals surface area contributed by atoms with Crippen LogP contribution in [0.1, 0.15) is 26.2 Å². The second kappa shape index (κ2) is 7.07. The van der Waals surface area contributed by atoms with E-state index in [9.17, 15) is 9.59 Å². The Hall–Kier alpha value is -1.36. The Kier molecular flexibility index (Phi) is 5.39. The second-order valence-corrected chi connectivity index (χ2v) is 6.47. The molecule has 0 bridgehead atoms. The van der Waals surface area contributed by atoms with Crippen LogP contribution in [0.15, 0.2) is 28.7 Å². The standard InChI is InChI=1S/C16H21BrN2O2/c1-3-4-9-19(2)16(21)14-10-13(14)15(20)18-12-7-5-11(17)6-8-12/h5-8,13-14H,3-4,9-10H2,1-2H3,(H,18,20). The van der Waals surface area contributed by atoms with Crippen molar-refractivity contribution in [2.75, 3.05) is 18.9 Å². The lowest BCUT2D eigenvalue weighted by atomic mass is 10.2. The monoisotopic (exact) mass is 352 g/mol. The van der Waals surface area contributed by atoms with Gasteiger partial charge in [-0.05, 0) is 37.1 Å². The Labute approximate surface area is 134 Å². The zero-order chi connectivity index (χ0) is 15.4. The number of carbonyl (C=O) groups is 2. The van der Waals surface area contributed by atoms with Crippen LogP contribution >= 0.6 is 15.9 Å². The first kappa shape index (κ1) is 16.0. The number of rotatable bonds is 6. The van der Waals surface area contributed by atoms with Gasteiger partial charge in [0, 0.05) is 23.8 Å². The van der Waals surface area contributed by atoms with Gasteiger partial charge in [-0.2, -0.15) is 0 Å². The summed E-state index contributed by atoms with van der Waals surface area (Å²) in [6.45, 7) is 2.87. The van der Waals surface area contributed by atoms with Crippen LogP contribution in [0.3, 0.4) is 0 Å². The molecule has 114 valence electrons. The van der Waals surface area contributed by atoms with Crippen molar-refractivity contribution in [3.05, 3.63) is 28.7 Å². The van der Waals surface area contributed by atoms with E-state index in [1.807, 2.05) is 31.3 Å². The second-order valence-electron chi connectivity index (χ2n) is 5.56. The predicted molar refractivity (Wildman–Crippen MR) is 86.9 cm³/mol. The highest BCUT2D eigenvalue weighted by Crippen LogP contribution is 2.40. The Morgan fingerprint density at radius 3 is 2.57 bits per heavy atom. The highest BCUT2D eigenvalue weighted by atomic mass is 79.9. The first-order valence-electron chi connectivity index (χ1n) is 7.34. The normalized spacial score (nSPS) is 20.0.